The van der Waals surface area contributed by atoms with Crippen LogP contribution in [0.15, 0.2) is 70.7 Å². The number of ether oxygens (including phenoxy) is 2. The average molecular weight is 648 g/mol. The zero-order chi connectivity index (χ0) is 31.1. The lowest BCUT2D eigenvalue weighted by atomic mass is 9.96. The van der Waals surface area contributed by atoms with Crippen LogP contribution in [-0.4, -0.2) is 50.6 Å². The van der Waals surface area contributed by atoms with Crippen LogP contribution in [0.5, 0.6) is 11.5 Å². The fraction of sp³-hybridized carbons (Fsp3) is 0.194. The number of imidazole rings is 1. The molecule has 0 aliphatic carbocycles. The van der Waals surface area contributed by atoms with E-state index in [1.54, 1.807) is 25.1 Å². The molecule has 10 nitrogen and oxygen atoms in total. The lowest BCUT2D eigenvalue weighted by molar-refractivity contribution is -0.132. The van der Waals surface area contributed by atoms with Crippen LogP contribution in [0.25, 0.3) is 11.4 Å². The van der Waals surface area contributed by atoms with E-state index in [9.17, 15) is 14.7 Å². The van der Waals surface area contributed by atoms with E-state index in [2.05, 4.69) is 15.2 Å². The lowest BCUT2D eigenvalue weighted by Crippen LogP contribution is -2.29. The highest BCUT2D eigenvalue weighted by Gasteiger charge is 2.49. The fourth-order valence-electron chi connectivity index (χ4n) is 5.16. The van der Waals surface area contributed by atoms with Crippen molar-refractivity contribution in [1.29, 1.82) is 0 Å². The lowest BCUT2D eigenvalue weighted by Gasteiger charge is -2.23. The van der Waals surface area contributed by atoms with Crippen molar-refractivity contribution in [3.05, 3.63) is 99.5 Å². The van der Waals surface area contributed by atoms with Gasteiger partial charge in [0.05, 0.1) is 31.5 Å². The van der Waals surface area contributed by atoms with E-state index in [0.717, 1.165) is 11.1 Å². The number of ketones is 1. The molecule has 4 heterocycles. The zero-order valence-electron chi connectivity index (χ0n) is 24.1. The molecule has 0 bridgehead atoms. The topological polar surface area (TPSA) is 119 Å². The molecule has 13 heteroatoms. The summed E-state index contributed by atoms with van der Waals surface area (Å²) in [6.07, 6.45) is 1.83. The van der Waals surface area contributed by atoms with E-state index in [0.29, 0.717) is 43.5 Å². The molecule has 1 amide bonds. The molecule has 2 aromatic carbocycles. The van der Waals surface area contributed by atoms with Gasteiger partial charge in [0.1, 0.15) is 11.3 Å². The number of aliphatic hydroxyl groups excluding tert-OH is 1. The first-order chi connectivity index (χ1) is 21.2. The van der Waals surface area contributed by atoms with Gasteiger partial charge < -0.3 is 19.0 Å². The molecule has 0 saturated carbocycles. The molecule has 1 unspecified atom stereocenters. The number of nitrogens with zero attached hydrogens (tertiary/aromatic N) is 5. The number of fused-ring (bicyclic) bond motifs is 1. The molecule has 6 rings (SSSR count). The Morgan fingerprint density at radius 2 is 1.82 bits per heavy atom. The highest BCUT2D eigenvalue weighted by Crippen LogP contribution is 2.46. The van der Waals surface area contributed by atoms with E-state index < -0.39 is 17.7 Å². The van der Waals surface area contributed by atoms with Crippen LogP contribution in [-0.2, 0) is 15.3 Å². The largest absolute Gasteiger partial charge is 0.505 e. The first-order valence-electron chi connectivity index (χ1n) is 13.4. The number of aryl methyl sites for hydroxylation is 2. The molecule has 1 aliphatic rings. The van der Waals surface area contributed by atoms with Gasteiger partial charge in [-0.2, -0.15) is 0 Å². The number of anilines is 1. The van der Waals surface area contributed by atoms with Gasteiger partial charge in [0.15, 0.2) is 21.6 Å². The number of halogens is 1. The molecular formula is C31H26ClN5O5S2. The van der Waals surface area contributed by atoms with Crippen molar-refractivity contribution in [2.24, 2.45) is 0 Å². The summed E-state index contributed by atoms with van der Waals surface area (Å²) in [5.41, 5.74) is 3.66. The minimum Gasteiger partial charge on any atom is -0.505 e. The second-order valence-corrected chi connectivity index (χ2v) is 12.5. The van der Waals surface area contributed by atoms with E-state index >= 15 is 0 Å². The number of amides is 1. The summed E-state index contributed by atoms with van der Waals surface area (Å²) in [5.74, 6) is -0.695. The summed E-state index contributed by atoms with van der Waals surface area (Å²) in [6.45, 7) is 3.70. The van der Waals surface area contributed by atoms with Crippen molar-refractivity contribution in [3.8, 4) is 11.5 Å². The van der Waals surface area contributed by atoms with Crippen molar-refractivity contribution in [1.82, 2.24) is 19.6 Å². The number of hydrogen-bond acceptors (Lipinski definition) is 10. The number of Topliss-reactive ketones (excluding diaryl/α,β-unsaturated/α-hetero) is 1. The Labute approximate surface area is 265 Å². The molecule has 3 aromatic heterocycles. The number of aliphatic hydroxyl groups is 1. The molecule has 1 saturated heterocycles. The van der Waals surface area contributed by atoms with Crippen LogP contribution in [0.3, 0.4) is 0 Å². The Kier molecular flexibility index (Phi) is 8.06. The van der Waals surface area contributed by atoms with Crippen LogP contribution >= 0.6 is 34.7 Å². The fourth-order valence-corrected chi connectivity index (χ4v) is 7.31. The third kappa shape index (κ3) is 5.08. The summed E-state index contributed by atoms with van der Waals surface area (Å²) in [4.78, 5) is 33.4. The Morgan fingerprint density at radius 1 is 1.05 bits per heavy atom. The van der Waals surface area contributed by atoms with Gasteiger partial charge in [-0.25, -0.2) is 4.98 Å². The first kappa shape index (κ1) is 29.7. The van der Waals surface area contributed by atoms with Gasteiger partial charge in [-0.3, -0.25) is 14.5 Å². The molecule has 1 aliphatic heterocycles. The highest BCUT2D eigenvalue weighted by molar-refractivity contribution is 8.00. The van der Waals surface area contributed by atoms with Crippen molar-refractivity contribution in [3.63, 3.8) is 0 Å². The molecule has 1 N–H and O–H groups in total. The summed E-state index contributed by atoms with van der Waals surface area (Å²) in [6, 6.07) is 15.3. The minimum absolute atomic E-state index is 0.119. The average Bonchev–Trinajstić information content (AvgIpc) is 3.71. The number of rotatable bonds is 8. The Balaban J connectivity index is 1.47. The number of carbonyl (C=O) groups is 2. The van der Waals surface area contributed by atoms with Crippen LogP contribution in [0.1, 0.15) is 34.1 Å². The molecule has 44 heavy (non-hydrogen) atoms. The summed E-state index contributed by atoms with van der Waals surface area (Å²) >= 11 is 8.90. The highest BCUT2D eigenvalue weighted by atomic mass is 35.5. The van der Waals surface area contributed by atoms with Gasteiger partial charge in [-0.1, -0.05) is 65.0 Å². The standard InChI is InChI=1S/C31H26ClN5O5S2/c1-16-8-7-13-36-17(2)24(33-28(16)36)26(38)23-25(18-11-12-21(41-3)22(14-18)42-4)37(29(40)27(23)39)30-34-35-31(44-30)43-15-19-9-5-6-10-20(19)32/h5-14,25,38H,15H2,1-4H3/b26-23+. The zero-order valence-corrected chi connectivity index (χ0v) is 26.5. The van der Waals surface area contributed by atoms with Crippen molar-refractivity contribution in [2.45, 2.75) is 30.0 Å². The summed E-state index contributed by atoms with van der Waals surface area (Å²) < 4.78 is 13.3. The number of hydrogen-bond donors (Lipinski definition) is 1. The molecule has 0 radical (unpaired) electrons. The van der Waals surface area contributed by atoms with E-state index in [-0.39, 0.29) is 22.2 Å². The Bertz CT molecular complexity index is 1970. The van der Waals surface area contributed by atoms with E-state index in [1.807, 2.05) is 53.9 Å². The molecule has 1 atom stereocenters. The monoisotopic (exact) mass is 647 g/mol. The van der Waals surface area contributed by atoms with Gasteiger partial charge in [0, 0.05) is 17.0 Å². The first-order valence-corrected chi connectivity index (χ1v) is 15.6. The smallest absolute Gasteiger partial charge is 0.301 e. The van der Waals surface area contributed by atoms with Gasteiger partial charge in [0.25, 0.3) is 5.78 Å². The number of benzene rings is 2. The van der Waals surface area contributed by atoms with Gasteiger partial charge in [-0.05, 0) is 54.8 Å². The number of pyridine rings is 1. The minimum atomic E-state index is -1.05. The van der Waals surface area contributed by atoms with Crippen LogP contribution in [0.2, 0.25) is 5.02 Å². The maximum Gasteiger partial charge on any atom is 0.301 e. The molecule has 5 aromatic rings. The Morgan fingerprint density at radius 3 is 2.55 bits per heavy atom. The van der Waals surface area contributed by atoms with Crippen LogP contribution in [0, 0.1) is 13.8 Å². The van der Waals surface area contributed by atoms with E-state index in [1.165, 1.54) is 42.2 Å². The van der Waals surface area contributed by atoms with E-state index in [4.69, 9.17) is 21.1 Å². The number of carbonyl (C=O) groups excluding carboxylic acids is 2. The molecule has 1 fully saturated rings. The number of methoxy groups -OCH3 is 2. The van der Waals surface area contributed by atoms with Gasteiger partial charge in [0.2, 0.25) is 5.13 Å². The molecular weight excluding hydrogens is 622 g/mol. The predicted octanol–water partition coefficient (Wildman–Crippen LogP) is 6.39. The maximum atomic E-state index is 13.8. The molecule has 224 valence electrons. The number of thioether (sulfide) groups is 1. The SMILES string of the molecule is COc1ccc(C2/C(=C(\O)c3nc4c(C)cccn4c3C)C(=O)C(=O)N2c2nnc(SCc3ccccc3Cl)s2)cc1OC. The third-order valence-electron chi connectivity index (χ3n) is 7.39. The number of aromatic nitrogens is 4. The second-order valence-electron chi connectivity index (χ2n) is 9.94. The normalized spacial score (nSPS) is 16.2. The summed E-state index contributed by atoms with van der Waals surface area (Å²) in [7, 11) is 3.01. The molecule has 0 spiro atoms. The summed E-state index contributed by atoms with van der Waals surface area (Å²) in [5, 5.41) is 21.2. The second kappa shape index (κ2) is 11.9. The maximum absolute atomic E-state index is 13.8. The van der Waals surface area contributed by atoms with Crippen LogP contribution in [0.4, 0.5) is 5.13 Å². The Hall–Kier alpha value is -4.39. The van der Waals surface area contributed by atoms with Crippen molar-refractivity contribution < 1.29 is 24.2 Å². The van der Waals surface area contributed by atoms with Crippen LogP contribution < -0.4 is 14.4 Å². The van der Waals surface area contributed by atoms with Gasteiger partial charge >= 0.3 is 5.91 Å². The predicted molar refractivity (Wildman–Crippen MR) is 170 cm³/mol. The van der Waals surface area contributed by atoms with Crippen molar-refractivity contribution >= 4 is 62.9 Å². The van der Waals surface area contributed by atoms with Crippen molar-refractivity contribution in [2.75, 3.05) is 19.1 Å². The quantitative estimate of drug-likeness (QED) is 0.0671. The van der Waals surface area contributed by atoms with Gasteiger partial charge in [-0.15, -0.1) is 10.2 Å². The third-order valence-corrected chi connectivity index (χ3v) is 9.86.